The van der Waals surface area contributed by atoms with E-state index in [1.807, 2.05) is 31.2 Å². The molecule has 0 aliphatic heterocycles. The zero-order valence-corrected chi connectivity index (χ0v) is 20.8. The lowest BCUT2D eigenvalue weighted by Crippen LogP contribution is -3.85. The number of benzene rings is 2. The van der Waals surface area contributed by atoms with Gasteiger partial charge in [0.1, 0.15) is 8.07 Å². The average Bonchev–Trinajstić information content (AvgIpc) is 3.11. The fourth-order valence-corrected chi connectivity index (χ4v) is 10.3. The second-order valence-corrected chi connectivity index (χ2v) is 19.1. The van der Waals surface area contributed by atoms with Crippen LogP contribution in [0.4, 0.5) is 0 Å². The van der Waals surface area contributed by atoms with Crippen molar-refractivity contribution in [1.29, 1.82) is 0 Å². The lowest BCUT2D eigenvalue weighted by atomic mass is 10.2. The summed E-state index contributed by atoms with van der Waals surface area (Å²) in [6.07, 6.45) is 0. The van der Waals surface area contributed by atoms with E-state index < -0.39 is 38.4 Å². The van der Waals surface area contributed by atoms with Gasteiger partial charge in [-0.1, -0.05) is 48.9 Å². The third-order valence-electron chi connectivity index (χ3n) is 3.94. The maximum absolute atomic E-state index is 12.9. The van der Waals surface area contributed by atoms with Crippen LogP contribution in [0, 0.1) is 14.3 Å². The first kappa shape index (κ1) is 21.6. The number of halogens is 2. The zero-order valence-electron chi connectivity index (χ0n) is 16.1. The molecular weight excluding hydrogens is 527 g/mol. The van der Waals surface area contributed by atoms with Gasteiger partial charge < -0.3 is 4.42 Å². The lowest BCUT2D eigenvalue weighted by molar-refractivity contribution is -1.04. The van der Waals surface area contributed by atoms with E-state index >= 15 is 0 Å². The summed E-state index contributed by atoms with van der Waals surface area (Å²) in [7, 11) is -5.59. The van der Waals surface area contributed by atoms with Gasteiger partial charge >= 0.3 is 34.1 Å². The average molecular weight is 549 g/mol. The normalized spacial score (nSPS) is 12.5. The minimum absolute atomic E-state index is 0.145. The molecule has 1 radical (unpaired) electrons. The molecule has 1 heterocycles. The van der Waals surface area contributed by atoms with Gasteiger partial charge in [0.2, 0.25) is 0 Å². The molecule has 0 aliphatic carbocycles. The molecule has 0 amide bonds. The van der Waals surface area contributed by atoms with Crippen LogP contribution in [-0.2, 0) is 12.6 Å². The maximum atomic E-state index is 12.9. The van der Waals surface area contributed by atoms with E-state index in [4.69, 9.17) is 18.5 Å². The van der Waals surface area contributed by atoms with Gasteiger partial charge in [-0.2, -0.15) is 8.42 Å². The van der Waals surface area contributed by atoms with E-state index in [1.165, 1.54) is 0 Å². The third kappa shape index (κ3) is 5.07. The van der Waals surface area contributed by atoms with Crippen LogP contribution in [0.3, 0.4) is 0 Å². The second kappa shape index (κ2) is 8.31. The molecule has 1 aromatic heterocycles. The fourth-order valence-electron chi connectivity index (χ4n) is 2.35. The van der Waals surface area contributed by atoms with Crippen molar-refractivity contribution in [1.82, 2.24) is 0 Å². The van der Waals surface area contributed by atoms with E-state index in [-0.39, 0.29) is 4.90 Å². The first-order valence-electron chi connectivity index (χ1n) is 8.64. The highest BCUT2D eigenvalue weighted by Gasteiger charge is 2.41. The van der Waals surface area contributed by atoms with Crippen molar-refractivity contribution < 1.29 is 35.6 Å². The number of aryl methyl sites for hydroxylation is 1. The molecule has 28 heavy (non-hydrogen) atoms. The van der Waals surface area contributed by atoms with Gasteiger partial charge in [0.25, 0.3) is 0 Å². The van der Waals surface area contributed by atoms with Crippen LogP contribution in [0.15, 0.2) is 70.0 Å². The van der Waals surface area contributed by atoms with Crippen LogP contribution >= 0.6 is 11.6 Å². The van der Waals surface area contributed by atoms with E-state index in [2.05, 4.69) is 19.6 Å². The second-order valence-electron chi connectivity index (χ2n) is 7.37. The van der Waals surface area contributed by atoms with E-state index in [1.54, 1.807) is 36.4 Å². The van der Waals surface area contributed by atoms with Crippen LogP contribution in [0.5, 0.6) is 0 Å². The van der Waals surface area contributed by atoms with E-state index in [0.29, 0.717) is 8.79 Å². The predicted molar refractivity (Wildman–Crippen MR) is 110 cm³/mol. The van der Waals surface area contributed by atoms with Gasteiger partial charge in [0.05, 0.1) is 10.3 Å². The molecule has 3 rings (SSSR count). The Morgan fingerprint density at radius 1 is 0.929 bits per heavy atom. The summed E-state index contributed by atoms with van der Waals surface area (Å²) in [5.41, 5.74) is 0.984. The summed E-state index contributed by atoms with van der Waals surface area (Å²) >= 11 is 3.17. The molecule has 0 saturated carbocycles. The Balaban J connectivity index is 2.02. The highest BCUT2D eigenvalue weighted by atomic mass is 127. The highest BCUT2D eigenvalue weighted by molar-refractivity contribution is 7.86. The van der Waals surface area contributed by atoms with E-state index in [0.717, 1.165) is 14.5 Å². The van der Waals surface area contributed by atoms with Crippen molar-refractivity contribution in [3.63, 3.8) is 0 Å². The van der Waals surface area contributed by atoms with Crippen molar-refractivity contribution in [2.24, 2.45) is 0 Å². The topological polar surface area (TPSA) is 56.5 Å². The highest BCUT2D eigenvalue weighted by Crippen LogP contribution is 2.11. The standard InChI is InChI=1S/C20H22ClIO4SSi/c1-15-5-11-18(12-6-15)27(23,24)26-22(17-9-7-16(21)8-10-17)19-13-14-20(25-19)28(2,3)4/h5-14H,1-4H3/q+1. The first-order chi connectivity index (χ1) is 13.1. The Morgan fingerprint density at radius 2 is 1.54 bits per heavy atom. The quantitative estimate of drug-likeness (QED) is 0.348. The van der Waals surface area contributed by atoms with Crippen molar-refractivity contribution >= 4 is 35.2 Å². The van der Waals surface area contributed by atoms with Gasteiger partial charge in [-0.05, 0) is 51.9 Å². The Labute approximate surface area is 179 Å². The molecule has 0 spiro atoms. The molecule has 0 fully saturated rings. The molecule has 0 aliphatic rings. The molecule has 0 bridgehead atoms. The summed E-state index contributed by atoms with van der Waals surface area (Å²) in [4.78, 5) is 0.145. The van der Waals surface area contributed by atoms with Crippen molar-refractivity contribution in [3.8, 4) is 0 Å². The summed E-state index contributed by atoms with van der Waals surface area (Å²) < 4.78 is 39.2. The monoisotopic (exact) mass is 548 g/mol. The summed E-state index contributed by atoms with van der Waals surface area (Å²) in [6, 6.07) is 17.6. The number of hydrogen-bond acceptors (Lipinski definition) is 4. The molecule has 0 N–H and O–H groups in total. The number of hydrogen-bond donors (Lipinski definition) is 0. The Morgan fingerprint density at radius 3 is 2.07 bits per heavy atom. The van der Waals surface area contributed by atoms with Crippen LogP contribution < -0.4 is 25.6 Å². The first-order valence-corrected chi connectivity index (χ1v) is 17.0. The van der Waals surface area contributed by atoms with Gasteiger partial charge in [0, 0.05) is 11.1 Å². The summed E-state index contributed by atoms with van der Waals surface area (Å²) in [5, 5.41) is 1.51. The van der Waals surface area contributed by atoms with Gasteiger partial charge in [-0.25, -0.2) is 0 Å². The Bertz CT molecular complexity index is 1050. The largest absolute Gasteiger partial charge is 0.430 e. The summed E-state index contributed by atoms with van der Waals surface area (Å²) in [6.45, 7) is 8.45. The predicted octanol–water partition coefficient (Wildman–Crippen LogP) is 1.77. The van der Waals surface area contributed by atoms with Crippen LogP contribution in [0.1, 0.15) is 5.56 Å². The number of rotatable bonds is 6. The minimum atomic E-state index is -3.92. The molecule has 0 unspecified atom stereocenters. The van der Waals surface area contributed by atoms with Crippen molar-refractivity contribution in [2.75, 3.05) is 0 Å². The Hall–Kier alpha value is -1.13. The van der Waals surface area contributed by atoms with Gasteiger partial charge in [-0.3, -0.25) is 0 Å². The molecule has 3 aromatic rings. The van der Waals surface area contributed by atoms with Gasteiger partial charge in [0.15, 0.2) is 3.57 Å². The van der Waals surface area contributed by atoms with Crippen LogP contribution in [0.25, 0.3) is 0 Å². The fraction of sp³-hybridized carbons (Fsp3) is 0.200. The zero-order chi connectivity index (χ0) is 20.5. The smallest absolute Gasteiger partial charge is 0.363 e. The van der Waals surface area contributed by atoms with Gasteiger partial charge in [-0.15, -0.1) is 0 Å². The maximum Gasteiger partial charge on any atom is 0.363 e. The molecule has 2 aromatic carbocycles. The van der Waals surface area contributed by atoms with Crippen LogP contribution in [0.2, 0.25) is 24.7 Å². The molecule has 149 valence electrons. The van der Waals surface area contributed by atoms with Crippen molar-refractivity contribution in [3.05, 3.63) is 78.6 Å². The molecule has 4 nitrogen and oxygen atoms in total. The SMILES string of the molecule is Cc1ccc(S(=O)(=O)O[I+](c2ccc(Cl)cc2)c2ccc([Si](C)(C)C)o2)cc1. The molecular formula is C20H22ClIO4SSi+. The van der Waals surface area contributed by atoms with E-state index in [9.17, 15) is 8.42 Å². The van der Waals surface area contributed by atoms with Crippen molar-refractivity contribution in [2.45, 2.75) is 31.5 Å². The summed E-state index contributed by atoms with van der Waals surface area (Å²) in [5.74, 6) is 0. The Kier molecular flexibility index (Phi) is 6.40. The molecule has 8 heteroatoms. The third-order valence-corrected chi connectivity index (χ3v) is 13.0. The molecule has 0 atom stereocenters. The number of furan rings is 1. The molecule has 0 saturated heterocycles. The minimum Gasteiger partial charge on any atom is -0.430 e. The van der Waals surface area contributed by atoms with Crippen LogP contribution in [-0.4, -0.2) is 16.5 Å². The lowest BCUT2D eigenvalue weighted by Gasteiger charge is -2.10.